The lowest BCUT2D eigenvalue weighted by molar-refractivity contribution is -0.138. The predicted molar refractivity (Wildman–Crippen MR) is 188 cm³/mol. The molecule has 14 heteroatoms. The summed E-state index contributed by atoms with van der Waals surface area (Å²) in [6, 6.07) is 10.7. The number of nitrogen functional groups attached to an aromatic ring is 1. The number of aliphatic hydroxyl groups excluding tert-OH is 1. The van der Waals surface area contributed by atoms with E-state index < -0.39 is 29.6 Å². The monoisotopic (exact) mass is 719 g/mol. The summed E-state index contributed by atoms with van der Waals surface area (Å²) in [4.78, 5) is 34.6. The number of piperidine rings is 3. The fourth-order valence-electron chi connectivity index (χ4n) is 8.05. The number of nitrogens with one attached hydrogen (secondary N) is 2. The third-order valence-electron chi connectivity index (χ3n) is 11.1. The van der Waals surface area contributed by atoms with Crippen LogP contribution in [0.2, 0.25) is 5.02 Å². The number of para-hydroxylation sites is 1. The van der Waals surface area contributed by atoms with Crippen molar-refractivity contribution < 1.29 is 27.9 Å². The molecule has 274 valence electrons. The van der Waals surface area contributed by atoms with Crippen molar-refractivity contribution in [3.8, 4) is 0 Å². The topological polar surface area (TPSA) is 117 Å². The van der Waals surface area contributed by atoms with Crippen LogP contribution in [0.1, 0.15) is 61.6 Å². The molecule has 3 fully saturated rings. The Bertz CT molecular complexity index is 1510. The van der Waals surface area contributed by atoms with E-state index >= 15 is 0 Å². The SMILES string of the molecule is CN1CCC(NC2CCN(C(O)C(CC(=O)N3CCC(N4Cc5ccccc5NC4=O)CC3)Cc3cc(Cl)c(N)c(C(F)(F)F)c3)CC2)CC1. The molecule has 5 N–H and O–H groups in total. The van der Waals surface area contributed by atoms with Crippen LogP contribution in [0, 0.1) is 5.92 Å². The Morgan fingerprint density at radius 1 is 1.02 bits per heavy atom. The van der Waals surface area contributed by atoms with Crippen molar-refractivity contribution in [2.24, 2.45) is 5.92 Å². The largest absolute Gasteiger partial charge is 0.418 e. The summed E-state index contributed by atoms with van der Waals surface area (Å²) < 4.78 is 41.5. The normalized spacial score (nSPS) is 21.9. The Morgan fingerprint density at radius 2 is 1.66 bits per heavy atom. The van der Waals surface area contributed by atoms with Crippen molar-refractivity contribution in [1.29, 1.82) is 0 Å². The summed E-state index contributed by atoms with van der Waals surface area (Å²) in [5.74, 6) is -0.846. The predicted octanol–water partition coefficient (Wildman–Crippen LogP) is 5.00. The van der Waals surface area contributed by atoms with Crippen molar-refractivity contribution in [3.05, 3.63) is 58.1 Å². The molecule has 4 aliphatic rings. The molecule has 10 nitrogen and oxygen atoms in total. The lowest BCUT2D eigenvalue weighted by atomic mass is 9.90. The number of aliphatic hydroxyl groups is 1. The summed E-state index contributed by atoms with van der Waals surface area (Å²) in [6.45, 7) is 4.74. The number of alkyl halides is 3. The van der Waals surface area contributed by atoms with Gasteiger partial charge in [-0.15, -0.1) is 0 Å². The first-order valence-electron chi connectivity index (χ1n) is 17.8. The van der Waals surface area contributed by atoms with E-state index in [1.54, 1.807) is 4.90 Å². The minimum atomic E-state index is -4.70. The molecule has 2 atom stereocenters. The summed E-state index contributed by atoms with van der Waals surface area (Å²) in [6.07, 6.45) is -0.681. The second-order valence-corrected chi connectivity index (χ2v) is 14.9. The number of fused-ring (bicyclic) bond motifs is 1. The van der Waals surface area contributed by atoms with Gasteiger partial charge in [-0.05, 0) is 94.4 Å². The minimum absolute atomic E-state index is 0.0214. The number of likely N-dealkylation sites (tertiary alicyclic amines) is 3. The van der Waals surface area contributed by atoms with Gasteiger partial charge in [0, 0.05) is 68.9 Å². The van der Waals surface area contributed by atoms with Crippen molar-refractivity contribution in [2.45, 2.75) is 88.4 Å². The highest BCUT2D eigenvalue weighted by Crippen LogP contribution is 2.39. The Morgan fingerprint density at radius 3 is 2.32 bits per heavy atom. The number of anilines is 2. The molecule has 0 aliphatic carbocycles. The molecule has 0 aromatic heterocycles. The second kappa shape index (κ2) is 15.6. The molecule has 2 unspecified atom stereocenters. The zero-order chi connectivity index (χ0) is 35.6. The average molecular weight is 720 g/mol. The van der Waals surface area contributed by atoms with Crippen LogP contribution in [-0.4, -0.2) is 107 Å². The smallest absolute Gasteiger partial charge is 0.397 e. The standard InChI is InChI=1S/C36H49ClF3N7O3/c1-44-12-6-26(7-13-44)42-27-8-14-46(15-9-27)34(49)25(18-23-19-29(36(38,39)40)33(41)30(37)20-23)21-32(48)45-16-10-28(11-17-45)47-22-24-4-2-3-5-31(24)43-35(47)50/h2-5,19-20,25-28,34,42,49H,6-18,21-22,41H2,1H3,(H,43,50). The van der Waals surface area contributed by atoms with Gasteiger partial charge in [-0.25, -0.2) is 4.79 Å². The Kier molecular flexibility index (Phi) is 11.5. The zero-order valence-corrected chi connectivity index (χ0v) is 29.4. The van der Waals surface area contributed by atoms with E-state index in [9.17, 15) is 27.9 Å². The van der Waals surface area contributed by atoms with Gasteiger partial charge >= 0.3 is 12.2 Å². The molecule has 0 saturated carbocycles. The molecule has 4 aliphatic heterocycles. The van der Waals surface area contributed by atoms with Gasteiger partial charge in [0.05, 0.1) is 16.3 Å². The summed E-state index contributed by atoms with van der Waals surface area (Å²) in [7, 11) is 2.14. The average Bonchev–Trinajstić information content (AvgIpc) is 3.09. The Balaban J connectivity index is 1.11. The molecule has 4 heterocycles. The summed E-state index contributed by atoms with van der Waals surface area (Å²) >= 11 is 6.17. The number of carbonyl (C=O) groups is 2. The van der Waals surface area contributed by atoms with Gasteiger partial charge in [0.15, 0.2) is 0 Å². The minimum Gasteiger partial charge on any atom is -0.397 e. The summed E-state index contributed by atoms with van der Waals surface area (Å²) in [5.41, 5.74) is 6.26. The van der Waals surface area contributed by atoms with Crippen LogP contribution < -0.4 is 16.4 Å². The molecule has 3 amide bonds. The van der Waals surface area contributed by atoms with Gasteiger partial charge in [-0.1, -0.05) is 29.8 Å². The number of benzene rings is 2. The highest BCUT2D eigenvalue weighted by Gasteiger charge is 2.38. The molecular formula is C36H49ClF3N7O3. The maximum absolute atomic E-state index is 13.8. The van der Waals surface area contributed by atoms with Crippen LogP contribution in [0.25, 0.3) is 0 Å². The highest BCUT2D eigenvalue weighted by atomic mass is 35.5. The van der Waals surface area contributed by atoms with Crippen LogP contribution in [0.15, 0.2) is 36.4 Å². The molecule has 0 radical (unpaired) electrons. The van der Waals surface area contributed by atoms with E-state index in [1.807, 2.05) is 34.1 Å². The first kappa shape index (κ1) is 36.7. The first-order valence-corrected chi connectivity index (χ1v) is 18.2. The van der Waals surface area contributed by atoms with Crippen LogP contribution >= 0.6 is 11.6 Å². The molecule has 50 heavy (non-hydrogen) atoms. The lowest BCUT2D eigenvalue weighted by Gasteiger charge is -2.42. The highest BCUT2D eigenvalue weighted by molar-refractivity contribution is 6.33. The number of carbonyl (C=O) groups excluding carboxylic acids is 2. The third kappa shape index (κ3) is 8.67. The fourth-order valence-corrected chi connectivity index (χ4v) is 8.29. The number of nitrogens with two attached hydrogens (primary N) is 1. The lowest BCUT2D eigenvalue weighted by Crippen LogP contribution is -2.53. The second-order valence-electron chi connectivity index (χ2n) is 14.5. The van der Waals surface area contributed by atoms with Gasteiger partial charge in [-0.2, -0.15) is 13.2 Å². The van der Waals surface area contributed by atoms with Crippen LogP contribution in [-0.2, 0) is 23.9 Å². The molecule has 0 spiro atoms. The molecule has 2 aromatic rings. The van der Waals surface area contributed by atoms with Crippen molar-refractivity contribution in [3.63, 3.8) is 0 Å². The van der Waals surface area contributed by atoms with Crippen molar-refractivity contribution in [1.82, 2.24) is 24.9 Å². The molecular weight excluding hydrogens is 671 g/mol. The number of halogens is 4. The van der Waals surface area contributed by atoms with Gasteiger partial charge in [0.1, 0.15) is 6.23 Å². The van der Waals surface area contributed by atoms with Crippen LogP contribution in [0.4, 0.5) is 29.3 Å². The number of urea groups is 1. The Labute approximate surface area is 297 Å². The number of hydrogen-bond donors (Lipinski definition) is 4. The molecule has 2 aromatic carbocycles. The maximum Gasteiger partial charge on any atom is 0.418 e. The number of nitrogens with zero attached hydrogens (tertiary/aromatic N) is 4. The first-order chi connectivity index (χ1) is 23.9. The van der Waals surface area contributed by atoms with E-state index in [0.717, 1.165) is 56.1 Å². The third-order valence-corrected chi connectivity index (χ3v) is 11.4. The number of amides is 3. The van der Waals surface area contributed by atoms with Crippen molar-refractivity contribution >= 4 is 34.9 Å². The van der Waals surface area contributed by atoms with Crippen molar-refractivity contribution in [2.75, 3.05) is 57.4 Å². The summed E-state index contributed by atoms with van der Waals surface area (Å²) in [5, 5.41) is 18.3. The van der Waals surface area contributed by atoms with E-state index in [-0.39, 0.29) is 41.4 Å². The fraction of sp³-hybridized carbons (Fsp3) is 0.611. The molecule has 6 rings (SSSR count). The number of rotatable bonds is 9. The quantitative estimate of drug-likeness (QED) is 0.270. The number of hydrogen-bond acceptors (Lipinski definition) is 7. The maximum atomic E-state index is 13.8. The van der Waals surface area contributed by atoms with Crippen LogP contribution in [0.3, 0.4) is 0 Å². The van der Waals surface area contributed by atoms with Crippen LogP contribution in [0.5, 0.6) is 0 Å². The van der Waals surface area contributed by atoms with E-state index in [4.69, 9.17) is 17.3 Å². The Hall–Kier alpha value is -3.10. The van der Waals surface area contributed by atoms with Gasteiger partial charge in [-0.3, -0.25) is 9.69 Å². The zero-order valence-electron chi connectivity index (χ0n) is 28.6. The van der Waals surface area contributed by atoms with E-state index in [0.29, 0.717) is 57.6 Å². The molecule has 3 saturated heterocycles. The van der Waals surface area contributed by atoms with E-state index in [1.165, 1.54) is 6.07 Å². The van der Waals surface area contributed by atoms with E-state index in [2.05, 4.69) is 22.6 Å². The van der Waals surface area contributed by atoms with Gasteiger partial charge in [0.2, 0.25) is 5.91 Å². The van der Waals surface area contributed by atoms with Gasteiger partial charge in [0.25, 0.3) is 0 Å². The molecule has 0 bridgehead atoms. The van der Waals surface area contributed by atoms with Gasteiger partial charge < -0.3 is 36.2 Å².